The summed E-state index contributed by atoms with van der Waals surface area (Å²) in [5.41, 5.74) is 2.03. The highest BCUT2D eigenvalue weighted by Gasteiger charge is 2.33. The summed E-state index contributed by atoms with van der Waals surface area (Å²) < 4.78 is 22.0. The number of anilines is 2. The number of cyclic esters (lactones) is 1. The number of amides is 3. The second-order valence-electron chi connectivity index (χ2n) is 11.6. The van der Waals surface area contributed by atoms with Gasteiger partial charge in [-0.2, -0.15) is 0 Å². The number of fused-ring (bicyclic) bond motifs is 1. The van der Waals surface area contributed by atoms with Crippen molar-refractivity contribution < 1.29 is 33.3 Å². The molecule has 3 aromatic rings. The molecule has 0 bridgehead atoms. The van der Waals surface area contributed by atoms with E-state index in [0.29, 0.717) is 55.7 Å². The Morgan fingerprint density at radius 3 is 2.84 bits per heavy atom. The first-order valence-corrected chi connectivity index (χ1v) is 14.6. The molecule has 1 atom stereocenters. The molecule has 0 aliphatic carbocycles. The predicted octanol–water partition coefficient (Wildman–Crippen LogP) is 3.62. The summed E-state index contributed by atoms with van der Waals surface area (Å²) in [5, 5.41) is 6.05. The number of hydrogen-bond donors (Lipinski definition) is 2. The average Bonchev–Trinajstić information content (AvgIpc) is 3.38. The van der Waals surface area contributed by atoms with E-state index < -0.39 is 17.8 Å². The Hall–Kier alpha value is -4.98. The smallest absolute Gasteiger partial charge is 0.415 e. The van der Waals surface area contributed by atoms with Crippen LogP contribution < -0.4 is 25.0 Å². The van der Waals surface area contributed by atoms with Crippen molar-refractivity contribution >= 4 is 29.7 Å². The molecule has 1 fully saturated rings. The van der Waals surface area contributed by atoms with Crippen molar-refractivity contribution in [2.45, 2.75) is 45.4 Å². The Bertz CT molecular complexity index is 1540. The van der Waals surface area contributed by atoms with Crippen LogP contribution in [0.15, 0.2) is 48.8 Å². The average molecular weight is 620 g/mol. The third kappa shape index (κ3) is 8.56. The van der Waals surface area contributed by atoms with Crippen LogP contribution in [-0.4, -0.2) is 89.5 Å². The van der Waals surface area contributed by atoms with Gasteiger partial charge in [0.2, 0.25) is 5.88 Å². The second kappa shape index (κ2) is 13.8. The number of hydrogen-bond acceptors (Lipinski definition) is 11. The molecular formula is C31H37N7O7. The van der Waals surface area contributed by atoms with Gasteiger partial charge in [0.15, 0.2) is 18.2 Å². The fraction of sp³-hybridized carbons (Fsp3) is 0.419. The summed E-state index contributed by atoms with van der Waals surface area (Å²) >= 11 is 0. The minimum absolute atomic E-state index is 0.0620. The lowest BCUT2D eigenvalue weighted by Crippen LogP contribution is -2.36. The number of benzene rings is 1. The minimum Gasteiger partial charge on any atom is -0.480 e. The first-order valence-electron chi connectivity index (χ1n) is 14.6. The Morgan fingerprint density at radius 1 is 1.18 bits per heavy atom. The van der Waals surface area contributed by atoms with Crippen molar-refractivity contribution in [3.05, 3.63) is 54.4 Å². The number of carbonyl (C=O) groups is 3. The molecule has 2 aromatic heterocycles. The maximum Gasteiger partial charge on any atom is 0.415 e. The van der Waals surface area contributed by atoms with Gasteiger partial charge in [0.1, 0.15) is 24.1 Å². The molecule has 4 heterocycles. The van der Waals surface area contributed by atoms with Crippen LogP contribution in [0.1, 0.15) is 32.8 Å². The van der Waals surface area contributed by atoms with Crippen LogP contribution in [0.3, 0.4) is 0 Å². The standard InChI is InChI=1S/C31H37N7O7/c1-31(2,3)45-29(40)37(4)12-13-42-27-17-33-16-23(34-27)21-7-5-6-20(14-21)15-32-11-10-22-18-38(30(41)44-22)25-9-8-24-28(35-25)36-26(39)19-43-24/h5-9,14,16-17,22,32H,10-13,15,18-19H2,1-4H3,(H,35,36,39). The van der Waals surface area contributed by atoms with Crippen LogP contribution in [0.2, 0.25) is 0 Å². The minimum atomic E-state index is -0.566. The van der Waals surface area contributed by atoms with Gasteiger partial charge in [-0.3, -0.25) is 14.7 Å². The summed E-state index contributed by atoms with van der Waals surface area (Å²) in [4.78, 5) is 52.4. The van der Waals surface area contributed by atoms with E-state index >= 15 is 0 Å². The highest BCUT2D eigenvalue weighted by Crippen LogP contribution is 2.30. The van der Waals surface area contributed by atoms with E-state index in [1.807, 2.05) is 45.0 Å². The zero-order valence-corrected chi connectivity index (χ0v) is 25.7. The van der Waals surface area contributed by atoms with Gasteiger partial charge in [0.05, 0.1) is 31.2 Å². The summed E-state index contributed by atoms with van der Waals surface area (Å²) in [6.45, 7) is 7.55. The van der Waals surface area contributed by atoms with E-state index in [4.69, 9.17) is 18.9 Å². The third-order valence-corrected chi connectivity index (χ3v) is 6.80. The van der Waals surface area contributed by atoms with E-state index in [1.165, 1.54) is 16.0 Å². The third-order valence-electron chi connectivity index (χ3n) is 6.80. The first kappa shape index (κ1) is 31.4. The molecule has 0 spiro atoms. The Labute approximate surface area is 261 Å². The Balaban J connectivity index is 1.07. The molecule has 0 saturated carbocycles. The number of carbonyl (C=O) groups excluding carboxylic acids is 3. The van der Waals surface area contributed by atoms with Gasteiger partial charge in [0, 0.05) is 19.2 Å². The van der Waals surface area contributed by atoms with Gasteiger partial charge >= 0.3 is 12.2 Å². The first-order chi connectivity index (χ1) is 21.5. The SMILES string of the molecule is CN(CCOc1cncc(-c2cccc(CNCCC3CN(c4ccc5c(n4)NC(=O)CO5)C(=O)O3)c2)n1)C(=O)OC(C)(C)C. The monoisotopic (exact) mass is 619 g/mol. The van der Waals surface area contributed by atoms with E-state index in [2.05, 4.69) is 25.6 Å². The van der Waals surface area contributed by atoms with Crippen LogP contribution >= 0.6 is 0 Å². The fourth-order valence-corrected chi connectivity index (χ4v) is 4.57. The highest BCUT2D eigenvalue weighted by molar-refractivity contribution is 5.95. The van der Waals surface area contributed by atoms with Gasteiger partial charge < -0.3 is 34.5 Å². The van der Waals surface area contributed by atoms with Crippen LogP contribution in [0.25, 0.3) is 11.3 Å². The molecule has 45 heavy (non-hydrogen) atoms. The van der Waals surface area contributed by atoms with Gasteiger partial charge in [-0.1, -0.05) is 18.2 Å². The van der Waals surface area contributed by atoms with Crippen LogP contribution in [0, 0.1) is 0 Å². The van der Waals surface area contributed by atoms with Crippen molar-refractivity contribution in [1.29, 1.82) is 0 Å². The zero-order chi connectivity index (χ0) is 32.0. The normalized spacial score (nSPS) is 15.9. The van der Waals surface area contributed by atoms with Crippen molar-refractivity contribution in [1.82, 2.24) is 25.2 Å². The van der Waals surface area contributed by atoms with Crippen LogP contribution in [0.4, 0.5) is 21.2 Å². The van der Waals surface area contributed by atoms with Crippen molar-refractivity contribution in [2.24, 2.45) is 0 Å². The molecule has 2 aliphatic heterocycles. The van der Waals surface area contributed by atoms with Gasteiger partial charge in [-0.25, -0.2) is 19.6 Å². The summed E-state index contributed by atoms with van der Waals surface area (Å²) in [6, 6.07) is 11.3. The second-order valence-corrected chi connectivity index (χ2v) is 11.6. The maximum atomic E-state index is 12.5. The molecule has 14 nitrogen and oxygen atoms in total. The lowest BCUT2D eigenvalue weighted by atomic mass is 10.1. The number of aromatic nitrogens is 3. The molecule has 14 heteroatoms. The van der Waals surface area contributed by atoms with E-state index in [-0.39, 0.29) is 31.0 Å². The number of rotatable bonds is 11. The molecule has 5 rings (SSSR count). The van der Waals surface area contributed by atoms with Gasteiger partial charge in [-0.05, 0) is 57.5 Å². The van der Waals surface area contributed by atoms with E-state index in [0.717, 1.165) is 11.1 Å². The zero-order valence-electron chi connectivity index (χ0n) is 25.7. The van der Waals surface area contributed by atoms with Gasteiger partial charge in [-0.15, -0.1) is 0 Å². The van der Waals surface area contributed by atoms with Crippen molar-refractivity contribution in [3.63, 3.8) is 0 Å². The molecule has 1 unspecified atom stereocenters. The molecule has 1 saturated heterocycles. The Morgan fingerprint density at radius 2 is 2.02 bits per heavy atom. The highest BCUT2D eigenvalue weighted by atomic mass is 16.6. The number of ether oxygens (including phenoxy) is 4. The molecule has 2 N–H and O–H groups in total. The molecule has 1 aromatic carbocycles. The van der Waals surface area contributed by atoms with Crippen molar-refractivity contribution in [3.8, 4) is 22.9 Å². The number of pyridine rings is 1. The molecule has 3 amide bonds. The summed E-state index contributed by atoms with van der Waals surface area (Å²) in [7, 11) is 1.65. The summed E-state index contributed by atoms with van der Waals surface area (Å²) in [5.74, 6) is 1.21. The van der Waals surface area contributed by atoms with Crippen LogP contribution in [0.5, 0.6) is 11.6 Å². The quantitative estimate of drug-likeness (QED) is 0.302. The van der Waals surface area contributed by atoms with E-state index in [9.17, 15) is 14.4 Å². The van der Waals surface area contributed by atoms with Crippen LogP contribution in [-0.2, 0) is 20.8 Å². The molecule has 238 valence electrons. The lowest BCUT2D eigenvalue weighted by molar-refractivity contribution is -0.118. The largest absolute Gasteiger partial charge is 0.480 e. The number of likely N-dealkylation sites (N-methyl/N-ethyl adjacent to an activating group) is 1. The number of nitrogens with one attached hydrogen (secondary N) is 2. The topological polar surface area (TPSA) is 157 Å². The maximum absolute atomic E-state index is 12.5. The van der Waals surface area contributed by atoms with Gasteiger partial charge in [0.25, 0.3) is 5.91 Å². The lowest BCUT2D eigenvalue weighted by Gasteiger charge is -2.24. The Kier molecular flexibility index (Phi) is 9.62. The molecule has 0 radical (unpaired) electrons. The predicted molar refractivity (Wildman–Crippen MR) is 164 cm³/mol. The molecule has 2 aliphatic rings. The van der Waals surface area contributed by atoms with E-state index in [1.54, 1.807) is 25.4 Å². The molecular weight excluding hydrogens is 582 g/mol. The van der Waals surface area contributed by atoms with Crippen molar-refractivity contribution in [2.75, 3.05) is 50.1 Å². The summed E-state index contributed by atoms with van der Waals surface area (Å²) in [6.07, 6.45) is 2.62. The number of nitrogens with zero attached hydrogens (tertiary/aromatic N) is 5. The fourth-order valence-electron chi connectivity index (χ4n) is 4.57.